The van der Waals surface area contributed by atoms with E-state index in [1.165, 1.54) is 24.0 Å². The van der Waals surface area contributed by atoms with Crippen molar-refractivity contribution in [2.75, 3.05) is 19.6 Å². The maximum Gasteiger partial charge on any atom is 0.253 e. The fraction of sp³-hybridized carbons (Fsp3) is 0.417. The van der Waals surface area contributed by atoms with Gasteiger partial charge in [-0.3, -0.25) is 9.59 Å². The molecule has 1 heterocycles. The van der Waals surface area contributed by atoms with E-state index in [4.69, 9.17) is 0 Å². The molecule has 4 heteroatoms. The molecule has 0 bridgehead atoms. The molecule has 0 radical (unpaired) electrons. The van der Waals surface area contributed by atoms with Crippen LogP contribution in [0.2, 0.25) is 0 Å². The first-order valence-corrected chi connectivity index (χ1v) is 10.2. The molecule has 1 aliphatic carbocycles. The predicted octanol–water partition coefficient (Wildman–Crippen LogP) is 3.69. The van der Waals surface area contributed by atoms with E-state index in [0.717, 1.165) is 12.1 Å². The molecule has 28 heavy (non-hydrogen) atoms. The number of amides is 2. The van der Waals surface area contributed by atoms with Crippen LogP contribution in [0.1, 0.15) is 45.8 Å². The van der Waals surface area contributed by atoms with Gasteiger partial charge >= 0.3 is 0 Å². The Morgan fingerprint density at radius 1 is 1.00 bits per heavy atom. The van der Waals surface area contributed by atoms with E-state index in [1.807, 2.05) is 48.2 Å². The van der Waals surface area contributed by atoms with Gasteiger partial charge in [-0.25, -0.2) is 0 Å². The zero-order valence-electron chi connectivity index (χ0n) is 16.7. The van der Waals surface area contributed by atoms with Gasteiger partial charge in [-0.2, -0.15) is 0 Å². The summed E-state index contributed by atoms with van der Waals surface area (Å²) in [4.78, 5) is 27.9. The van der Waals surface area contributed by atoms with E-state index in [1.54, 1.807) is 0 Å². The number of hydrogen-bond acceptors (Lipinski definition) is 2. The Balaban J connectivity index is 1.56. The Bertz CT molecular complexity index is 870. The number of rotatable bonds is 5. The minimum Gasteiger partial charge on any atom is -0.356 e. The number of carbonyl (C=O) groups excluding carboxylic acids is 2. The topological polar surface area (TPSA) is 49.4 Å². The average molecular weight is 377 g/mol. The van der Waals surface area contributed by atoms with Crippen LogP contribution in [0.15, 0.2) is 48.5 Å². The lowest BCUT2D eigenvalue weighted by Crippen LogP contribution is -2.36. The second kappa shape index (κ2) is 7.78. The highest BCUT2D eigenvalue weighted by atomic mass is 16.2. The monoisotopic (exact) mass is 376 g/mol. The number of carbonyl (C=O) groups is 2. The van der Waals surface area contributed by atoms with Gasteiger partial charge in [-0.05, 0) is 55.9 Å². The molecular weight excluding hydrogens is 348 g/mol. The molecule has 1 saturated carbocycles. The van der Waals surface area contributed by atoms with Gasteiger partial charge in [0.15, 0.2) is 0 Å². The molecule has 1 N–H and O–H groups in total. The maximum atomic E-state index is 13.1. The molecule has 1 saturated heterocycles. The zero-order chi connectivity index (χ0) is 19.7. The van der Waals surface area contributed by atoms with Crippen molar-refractivity contribution in [3.63, 3.8) is 0 Å². The maximum absolute atomic E-state index is 13.1. The summed E-state index contributed by atoms with van der Waals surface area (Å²) in [5.41, 5.74) is 4.17. The van der Waals surface area contributed by atoms with Crippen molar-refractivity contribution < 1.29 is 9.59 Å². The van der Waals surface area contributed by atoms with Gasteiger partial charge in [0.25, 0.3) is 5.91 Å². The molecule has 2 fully saturated rings. The summed E-state index contributed by atoms with van der Waals surface area (Å²) in [6.45, 7) is 5.92. The Morgan fingerprint density at radius 2 is 1.71 bits per heavy atom. The minimum absolute atomic E-state index is 0.0103. The van der Waals surface area contributed by atoms with Crippen LogP contribution in [0.3, 0.4) is 0 Å². The molecule has 0 aromatic heterocycles. The largest absolute Gasteiger partial charge is 0.356 e. The first-order valence-electron chi connectivity index (χ1n) is 10.2. The summed E-state index contributed by atoms with van der Waals surface area (Å²) in [5, 5.41) is 3.14. The molecule has 4 rings (SSSR count). The molecule has 1 aliphatic heterocycles. The van der Waals surface area contributed by atoms with Crippen molar-refractivity contribution in [3.8, 4) is 0 Å². The SMILES string of the molecule is Cc1ccc(C(=O)N2CC(C(=O)NCC3CC3)C(c3ccccc3C)C2)cc1. The predicted molar refractivity (Wildman–Crippen MR) is 110 cm³/mol. The van der Waals surface area contributed by atoms with E-state index in [-0.39, 0.29) is 23.7 Å². The Labute approximate surface area is 166 Å². The molecule has 2 amide bonds. The van der Waals surface area contributed by atoms with Crippen molar-refractivity contribution in [2.24, 2.45) is 11.8 Å². The number of nitrogens with zero attached hydrogens (tertiary/aromatic N) is 1. The number of hydrogen-bond donors (Lipinski definition) is 1. The standard InChI is InChI=1S/C24H28N2O2/c1-16-7-11-19(12-8-16)24(28)26-14-21(20-6-4-3-5-17(20)2)22(15-26)23(27)25-13-18-9-10-18/h3-8,11-12,18,21-22H,9-10,13-15H2,1-2H3,(H,25,27). The van der Waals surface area contributed by atoms with Gasteiger partial charge in [0.1, 0.15) is 0 Å². The third-order valence-corrected chi connectivity index (χ3v) is 6.09. The van der Waals surface area contributed by atoms with Crippen LogP contribution in [-0.2, 0) is 4.79 Å². The van der Waals surface area contributed by atoms with Gasteiger partial charge in [0.2, 0.25) is 5.91 Å². The second-order valence-electron chi connectivity index (χ2n) is 8.33. The van der Waals surface area contributed by atoms with Crippen LogP contribution in [0, 0.1) is 25.7 Å². The van der Waals surface area contributed by atoms with E-state index >= 15 is 0 Å². The third-order valence-electron chi connectivity index (χ3n) is 6.09. The van der Waals surface area contributed by atoms with Crippen LogP contribution in [0.5, 0.6) is 0 Å². The van der Waals surface area contributed by atoms with Crippen LogP contribution in [0.25, 0.3) is 0 Å². The van der Waals surface area contributed by atoms with Gasteiger partial charge < -0.3 is 10.2 Å². The van der Waals surface area contributed by atoms with E-state index < -0.39 is 0 Å². The molecule has 2 aromatic carbocycles. The highest BCUT2D eigenvalue weighted by Gasteiger charge is 2.41. The molecule has 2 atom stereocenters. The van der Waals surface area contributed by atoms with Crippen LogP contribution < -0.4 is 5.32 Å². The van der Waals surface area contributed by atoms with E-state index in [2.05, 4.69) is 24.4 Å². The third kappa shape index (κ3) is 3.96. The van der Waals surface area contributed by atoms with Crippen molar-refractivity contribution >= 4 is 11.8 Å². The molecule has 2 aromatic rings. The summed E-state index contributed by atoms with van der Waals surface area (Å²) in [5.74, 6) is 0.576. The smallest absolute Gasteiger partial charge is 0.253 e. The summed E-state index contributed by atoms with van der Waals surface area (Å²) < 4.78 is 0. The zero-order valence-corrected chi connectivity index (χ0v) is 16.7. The number of aryl methyl sites for hydroxylation is 2. The van der Waals surface area contributed by atoms with Gasteiger partial charge in [0, 0.05) is 31.1 Å². The molecule has 146 valence electrons. The molecule has 4 nitrogen and oxygen atoms in total. The van der Waals surface area contributed by atoms with Crippen LogP contribution in [-0.4, -0.2) is 36.3 Å². The first kappa shape index (κ1) is 18.7. The molecular formula is C24H28N2O2. The summed E-state index contributed by atoms with van der Waals surface area (Å²) >= 11 is 0. The van der Waals surface area contributed by atoms with E-state index in [9.17, 15) is 9.59 Å². The van der Waals surface area contributed by atoms with E-state index in [0.29, 0.717) is 24.6 Å². The lowest BCUT2D eigenvalue weighted by Gasteiger charge is -2.20. The van der Waals surface area contributed by atoms with Crippen LogP contribution >= 0.6 is 0 Å². The van der Waals surface area contributed by atoms with Crippen molar-refractivity contribution in [1.29, 1.82) is 0 Å². The lowest BCUT2D eigenvalue weighted by atomic mass is 9.86. The fourth-order valence-corrected chi connectivity index (χ4v) is 4.13. The van der Waals surface area contributed by atoms with Crippen molar-refractivity contribution in [2.45, 2.75) is 32.6 Å². The van der Waals surface area contributed by atoms with Gasteiger partial charge in [-0.15, -0.1) is 0 Å². The van der Waals surface area contributed by atoms with Gasteiger partial charge in [-0.1, -0.05) is 42.0 Å². The summed E-state index contributed by atoms with van der Waals surface area (Å²) in [7, 11) is 0. The van der Waals surface area contributed by atoms with Gasteiger partial charge in [0.05, 0.1) is 5.92 Å². The number of nitrogens with one attached hydrogen (secondary N) is 1. The van der Waals surface area contributed by atoms with Crippen LogP contribution in [0.4, 0.5) is 0 Å². The normalized spacial score (nSPS) is 21.6. The molecule has 0 spiro atoms. The highest BCUT2D eigenvalue weighted by molar-refractivity contribution is 5.95. The van der Waals surface area contributed by atoms with Crippen molar-refractivity contribution in [1.82, 2.24) is 10.2 Å². The quantitative estimate of drug-likeness (QED) is 0.865. The Kier molecular flexibility index (Phi) is 5.21. The second-order valence-corrected chi connectivity index (χ2v) is 8.33. The number of likely N-dealkylation sites (tertiary alicyclic amines) is 1. The number of benzene rings is 2. The minimum atomic E-state index is -0.200. The summed E-state index contributed by atoms with van der Waals surface area (Å²) in [6, 6.07) is 15.9. The lowest BCUT2D eigenvalue weighted by molar-refractivity contribution is -0.125. The Hall–Kier alpha value is -2.62. The molecule has 2 unspecified atom stereocenters. The fourth-order valence-electron chi connectivity index (χ4n) is 4.13. The first-order chi connectivity index (χ1) is 13.5. The Morgan fingerprint density at radius 3 is 2.39 bits per heavy atom. The average Bonchev–Trinajstić information content (AvgIpc) is 3.43. The highest BCUT2D eigenvalue weighted by Crippen LogP contribution is 2.36. The van der Waals surface area contributed by atoms with Crippen molar-refractivity contribution in [3.05, 3.63) is 70.8 Å². The molecule has 2 aliphatic rings. The summed E-state index contributed by atoms with van der Waals surface area (Å²) in [6.07, 6.45) is 2.43.